The first kappa shape index (κ1) is 16.1. The second-order valence-corrected chi connectivity index (χ2v) is 6.16. The van der Waals surface area contributed by atoms with E-state index in [-0.39, 0.29) is 0 Å². The molecule has 18 heavy (non-hydrogen) atoms. The van der Waals surface area contributed by atoms with E-state index in [4.69, 9.17) is 24.4 Å². The maximum absolute atomic E-state index is 5.28. The van der Waals surface area contributed by atoms with Crippen molar-refractivity contribution in [3.63, 3.8) is 0 Å². The first-order valence-corrected chi connectivity index (χ1v) is 8.56. The van der Waals surface area contributed by atoms with Gasteiger partial charge in [0.1, 0.15) is 0 Å². The van der Waals surface area contributed by atoms with Crippen LogP contribution in [0.5, 0.6) is 0 Å². The summed E-state index contributed by atoms with van der Waals surface area (Å²) >= 11 is 12.3. The normalized spacial score (nSPS) is 11.3. The summed E-state index contributed by atoms with van der Waals surface area (Å²) in [6.45, 7) is 5.46. The topological polar surface area (TPSA) is 15.3 Å². The number of nitrogens with zero attached hydrogens (tertiary/aromatic N) is 1. The van der Waals surface area contributed by atoms with Crippen molar-refractivity contribution in [2.45, 2.75) is 25.5 Å². The van der Waals surface area contributed by atoms with Gasteiger partial charge < -0.3 is 10.2 Å². The lowest BCUT2D eigenvalue weighted by atomic mass is 10.1. The summed E-state index contributed by atoms with van der Waals surface area (Å²) < 4.78 is 1.76. The van der Waals surface area contributed by atoms with Crippen molar-refractivity contribution >= 4 is 41.9 Å². The van der Waals surface area contributed by atoms with Crippen LogP contribution in [0.4, 0.5) is 5.69 Å². The molecule has 0 aliphatic carbocycles. The van der Waals surface area contributed by atoms with E-state index in [0.29, 0.717) is 0 Å². The summed E-state index contributed by atoms with van der Waals surface area (Å²) in [5, 5.41) is 3.44. The number of rotatable bonds is 9. The molecule has 0 aromatic heterocycles. The summed E-state index contributed by atoms with van der Waals surface area (Å²) in [7, 11) is 2.16. The highest BCUT2D eigenvalue weighted by atomic mass is 32.2. The van der Waals surface area contributed by atoms with Gasteiger partial charge in [0.05, 0.1) is 14.7 Å². The Bertz CT molecular complexity index is 435. The molecule has 0 radical (unpaired) electrons. The molecule has 0 fully saturated rings. The Kier molecular flexibility index (Phi) is 7.37. The third kappa shape index (κ3) is 4.30. The molecule has 1 aromatic rings. The van der Waals surface area contributed by atoms with Crippen LogP contribution in [0.2, 0.25) is 0 Å². The second kappa shape index (κ2) is 8.25. The molecule has 5 heteroatoms. The average Bonchev–Trinajstić information content (AvgIpc) is 2.40. The minimum atomic E-state index is 0.861. The van der Waals surface area contributed by atoms with E-state index in [1.165, 1.54) is 18.4 Å². The summed E-state index contributed by atoms with van der Waals surface area (Å²) in [6, 6.07) is 0. The van der Waals surface area contributed by atoms with E-state index in [1.807, 2.05) is 0 Å². The first-order chi connectivity index (χ1) is 8.61. The molecule has 0 atom stereocenters. The Morgan fingerprint density at radius 3 is 2.56 bits per heavy atom. The number of unbranched alkanes of at least 4 members (excludes halogenated alkanes) is 1. The van der Waals surface area contributed by atoms with Crippen LogP contribution in [0.15, 0.2) is 0 Å². The van der Waals surface area contributed by atoms with Crippen molar-refractivity contribution in [2.75, 3.05) is 38.3 Å². The Balaban J connectivity index is 2.30. The zero-order valence-corrected chi connectivity index (χ0v) is 13.9. The third-order valence-corrected chi connectivity index (χ3v) is 4.67. The van der Waals surface area contributed by atoms with E-state index >= 15 is 0 Å². The average molecular weight is 303 g/mol. The van der Waals surface area contributed by atoms with Gasteiger partial charge in [0, 0.05) is 17.9 Å². The van der Waals surface area contributed by atoms with Crippen LogP contribution < -0.4 is 5.32 Å². The molecular weight excluding hydrogens is 280 g/mol. The van der Waals surface area contributed by atoms with Crippen LogP contribution in [-0.4, -0.2) is 37.8 Å². The van der Waals surface area contributed by atoms with Gasteiger partial charge in [-0.05, 0) is 39.2 Å². The predicted molar refractivity (Wildman–Crippen MR) is 88.6 cm³/mol. The van der Waals surface area contributed by atoms with Crippen LogP contribution in [-0.2, 0) is 5.75 Å². The molecule has 1 N–H and O–H groups in total. The summed E-state index contributed by atoms with van der Waals surface area (Å²) in [6.07, 6.45) is 4.49. The Morgan fingerprint density at radius 1 is 1.22 bits per heavy atom. The lowest BCUT2D eigenvalue weighted by Gasteiger charge is -2.17. The molecule has 0 unspecified atom stereocenters. The lowest BCUT2D eigenvalue weighted by molar-refractivity contribution is 0.345. The van der Waals surface area contributed by atoms with E-state index in [0.717, 1.165) is 40.1 Å². The Hall–Kier alpha value is 0.0300. The molecule has 102 valence electrons. The highest BCUT2D eigenvalue weighted by Crippen LogP contribution is 2.29. The largest absolute Gasteiger partial charge is 0.384 e. The van der Waals surface area contributed by atoms with Crippen molar-refractivity contribution in [1.82, 2.24) is 4.90 Å². The van der Waals surface area contributed by atoms with E-state index in [9.17, 15) is 0 Å². The molecule has 0 amide bonds. The third-order valence-electron chi connectivity index (χ3n) is 3.11. The predicted octanol–water partition coefficient (Wildman–Crippen LogP) is 4.03. The van der Waals surface area contributed by atoms with Gasteiger partial charge in [-0.1, -0.05) is 31.4 Å². The van der Waals surface area contributed by atoms with Crippen molar-refractivity contribution in [2.24, 2.45) is 0 Å². The molecule has 1 rings (SSSR count). The van der Waals surface area contributed by atoms with Gasteiger partial charge in [-0.15, -0.1) is 0 Å². The SMILES string of the molecule is CCN(C)CCCCNc1c(CSC)c(=S)c1=S. The number of thioether (sulfide) groups is 1. The fourth-order valence-corrected chi connectivity index (χ4v) is 3.05. The van der Waals surface area contributed by atoms with Gasteiger partial charge >= 0.3 is 0 Å². The van der Waals surface area contributed by atoms with Gasteiger partial charge in [-0.25, -0.2) is 0 Å². The second-order valence-electron chi connectivity index (χ2n) is 4.47. The molecule has 1 aromatic carbocycles. The lowest BCUT2D eigenvalue weighted by Crippen LogP contribution is -2.19. The molecule has 0 heterocycles. The summed E-state index contributed by atoms with van der Waals surface area (Å²) in [4.78, 5) is 2.33. The van der Waals surface area contributed by atoms with E-state index in [1.54, 1.807) is 11.8 Å². The van der Waals surface area contributed by atoms with Gasteiger partial charge in [0.25, 0.3) is 0 Å². The fraction of sp³-hybridized carbons (Fsp3) is 0.692. The van der Waals surface area contributed by atoms with E-state index < -0.39 is 0 Å². The van der Waals surface area contributed by atoms with Crippen LogP contribution in [0.1, 0.15) is 25.3 Å². The number of anilines is 1. The maximum atomic E-state index is 5.28. The maximum Gasteiger partial charge on any atom is 0.0796 e. The van der Waals surface area contributed by atoms with Crippen molar-refractivity contribution in [3.05, 3.63) is 14.6 Å². The van der Waals surface area contributed by atoms with Crippen LogP contribution in [0.3, 0.4) is 0 Å². The molecule has 0 saturated carbocycles. The number of hydrogen-bond acceptors (Lipinski definition) is 5. The van der Waals surface area contributed by atoms with Crippen molar-refractivity contribution in [3.8, 4) is 0 Å². The fourth-order valence-electron chi connectivity index (χ4n) is 1.79. The van der Waals surface area contributed by atoms with Gasteiger partial charge in [-0.3, -0.25) is 0 Å². The van der Waals surface area contributed by atoms with Crippen molar-refractivity contribution < 1.29 is 0 Å². The quantitative estimate of drug-likeness (QED) is 0.545. The summed E-state index contributed by atoms with van der Waals surface area (Å²) in [5.41, 5.74) is 2.38. The Labute approximate surface area is 125 Å². The van der Waals surface area contributed by atoms with Gasteiger partial charge in [0.15, 0.2) is 0 Å². The summed E-state index contributed by atoms with van der Waals surface area (Å²) in [5.74, 6) is 0.972. The smallest absolute Gasteiger partial charge is 0.0796 e. The van der Waals surface area contributed by atoms with Crippen molar-refractivity contribution in [1.29, 1.82) is 0 Å². The molecule has 2 nitrogen and oxygen atoms in total. The molecule has 0 spiro atoms. The molecular formula is C13H22N2S3. The van der Waals surface area contributed by atoms with E-state index in [2.05, 4.69) is 30.4 Å². The minimum absolute atomic E-state index is 0.861. The minimum Gasteiger partial charge on any atom is -0.384 e. The monoisotopic (exact) mass is 302 g/mol. The molecule has 0 saturated heterocycles. The Morgan fingerprint density at radius 2 is 1.94 bits per heavy atom. The van der Waals surface area contributed by atoms with Gasteiger partial charge in [-0.2, -0.15) is 11.8 Å². The highest BCUT2D eigenvalue weighted by molar-refractivity contribution is 7.97. The van der Waals surface area contributed by atoms with Crippen LogP contribution in [0.25, 0.3) is 0 Å². The zero-order chi connectivity index (χ0) is 13.5. The standard InChI is InChI=1S/C13H22N2S3/c1-4-15(2)8-6-5-7-14-11-10(9-18-3)12(16)13(11)17/h14H,4-9H2,1-3H3. The molecule has 0 aliphatic rings. The number of nitrogens with one attached hydrogen (secondary N) is 1. The van der Waals surface area contributed by atoms with Crippen LogP contribution in [0, 0.1) is 9.02 Å². The van der Waals surface area contributed by atoms with Crippen LogP contribution >= 0.6 is 36.2 Å². The molecule has 0 bridgehead atoms. The highest BCUT2D eigenvalue weighted by Gasteiger charge is 2.13. The molecule has 0 aliphatic heterocycles. The number of hydrogen-bond donors (Lipinski definition) is 1. The zero-order valence-electron chi connectivity index (χ0n) is 11.4. The van der Waals surface area contributed by atoms with Gasteiger partial charge in [0.2, 0.25) is 0 Å². The first-order valence-electron chi connectivity index (χ1n) is 6.35.